The fraction of sp³-hybridized carbons (Fsp3) is 0.938. The van der Waals surface area contributed by atoms with Crippen molar-refractivity contribution in [2.24, 2.45) is 34.5 Å². The summed E-state index contributed by atoms with van der Waals surface area (Å²) in [5.41, 5.74) is 1.92. The summed E-state index contributed by atoms with van der Waals surface area (Å²) in [5, 5.41) is 11.2. The molecule has 0 aromatic heterocycles. The Kier molecular flexibility index (Phi) is 8.93. The summed E-state index contributed by atoms with van der Waals surface area (Å²) in [5.74, 6) is 2.23. The van der Waals surface area contributed by atoms with E-state index in [0.29, 0.717) is 23.7 Å². The van der Waals surface area contributed by atoms with Crippen molar-refractivity contribution in [2.75, 3.05) is 13.2 Å². The molecule has 3 saturated carbocycles. The van der Waals surface area contributed by atoms with Crippen LogP contribution in [0.5, 0.6) is 0 Å². The highest BCUT2D eigenvalue weighted by Gasteiger charge is 2.57. The van der Waals surface area contributed by atoms with Crippen molar-refractivity contribution in [3.05, 3.63) is 12.2 Å². The van der Waals surface area contributed by atoms with Crippen LogP contribution < -0.4 is 0 Å². The minimum absolute atomic E-state index is 0.175. The largest absolute Gasteiger partial charge is 0.417 e. The Morgan fingerprint density at radius 3 is 1.92 bits per heavy atom. The smallest absolute Gasteiger partial charge is 0.191 e. The molecule has 5 heteroatoms. The van der Waals surface area contributed by atoms with Gasteiger partial charge in [-0.15, -0.1) is 0 Å². The fourth-order valence-corrected chi connectivity index (χ4v) is 9.53. The minimum atomic E-state index is -1.86. The fourth-order valence-electron chi connectivity index (χ4n) is 7.44. The molecule has 0 amide bonds. The van der Waals surface area contributed by atoms with Gasteiger partial charge in [-0.1, -0.05) is 67.5 Å². The van der Waals surface area contributed by atoms with Crippen molar-refractivity contribution in [1.29, 1.82) is 0 Å². The Bertz CT molecular complexity index is 823. The third-order valence-corrected chi connectivity index (χ3v) is 21.6. The number of aliphatic hydroxyl groups is 1. The van der Waals surface area contributed by atoms with E-state index in [4.69, 9.17) is 8.85 Å². The first-order chi connectivity index (χ1) is 16.7. The molecular formula is C32H62O3Si2. The minimum Gasteiger partial charge on any atom is -0.417 e. The maximum atomic E-state index is 10.8. The van der Waals surface area contributed by atoms with E-state index in [1.807, 2.05) is 0 Å². The number of fused-ring (bicyclic) bond motifs is 1. The molecule has 216 valence electrons. The number of aliphatic hydroxyl groups excluding tert-OH is 1. The van der Waals surface area contributed by atoms with Crippen LogP contribution in [0.4, 0.5) is 0 Å². The lowest BCUT2D eigenvalue weighted by Crippen LogP contribution is -2.54. The van der Waals surface area contributed by atoms with E-state index >= 15 is 0 Å². The number of allylic oxidation sites excluding steroid dienone is 1. The first-order valence-electron chi connectivity index (χ1n) is 15.3. The highest BCUT2D eigenvalue weighted by Crippen LogP contribution is 2.64. The quantitative estimate of drug-likeness (QED) is 0.254. The van der Waals surface area contributed by atoms with Gasteiger partial charge in [-0.2, -0.15) is 0 Å². The van der Waals surface area contributed by atoms with Gasteiger partial charge in [0.25, 0.3) is 0 Å². The Balaban J connectivity index is 1.93. The number of rotatable bonds is 7. The van der Waals surface area contributed by atoms with Gasteiger partial charge in [0.05, 0.1) is 6.10 Å². The maximum absolute atomic E-state index is 10.8. The molecule has 0 spiro atoms. The molecule has 0 aromatic rings. The molecule has 0 bridgehead atoms. The second-order valence-corrected chi connectivity index (χ2v) is 26.4. The van der Waals surface area contributed by atoms with Gasteiger partial charge >= 0.3 is 0 Å². The van der Waals surface area contributed by atoms with Crippen LogP contribution in [0.3, 0.4) is 0 Å². The molecule has 3 fully saturated rings. The van der Waals surface area contributed by atoms with Gasteiger partial charge in [0, 0.05) is 13.2 Å². The van der Waals surface area contributed by atoms with Crippen LogP contribution in [-0.4, -0.2) is 41.1 Å². The summed E-state index contributed by atoms with van der Waals surface area (Å²) in [6.07, 6.45) is 7.67. The van der Waals surface area contributed by atoms with E-state index in [2.05, 4.69) is 88.2 Å². The van der Waals surface area contributed by atoms with Crippen LogP contribution in [0.1, 0.15) is 100 Å². The molecule has 0 aliphatic heterocycles. The molecule has 37 heavy (non-hydrogen) atoms. The average Bonchev–Trinajstić information content (AvgIpc) is 3.06. The summed E-state index contributed by atoms with van der Waals surface area (Å²) in [7, 11) is -3.70. The first kappa shape index (κ1) is 31.6. The summed E-state index contributed by atoms with van der Waals surface area (Å²) in [6.45, 7) is 35.0. The van der Waals surface area contributed by atoms with E-state index in [1.165, 1.54) is 31.3 Å². The van der Waals surface area contributed by atoms with Crippen molar-refractivity contribution in [2.45, 2.75) is 143 Å². The van der Waals surface area contributed by atoms with Gasteiger partial charge in [-0.25, -0.2) is 0 Å². The zero-order chi connectivity index (χ0) is 28.2. The number of hydrogen-bond donors (Lipinski definition) is 1. The van der Waals surface area contributed by atoms with E-state index in [0.717, 1.165) is 32.5 Å². The highest BCUT2D eigenvalue weighted by atomic mass is 28.4. The van der Waals surface area contributed by atoms with Crippen LogP contribution in [0.2, 0.25) is 36.3 Å². The molecule has 3 aliphatic carbocycles. The SMILES string of the molecule is C=C1CC[C@H]2[C@H](CO[Si](C)(C)C(C)(C)C)[C@@H]([C@@]3(C)CCC(O)C[C@@H]3CO[Si](C)(C)C(C)(C)C)CC[C@]12C. The summed E-state index contributed by atoms with van der Waals surface area (Å²) >= 11 is 0. The van der Waals surface area contributed by atoms with Gasteiger partial charge in [0.15, 0.2) is 16.6 Å². The topological polar surface area (TPSA) is 38.7 Å². The molecule has 1 unspecified atom stereocenters. The Hall–Kier alpha value is 0.0538. The van der Waals surface area contributed by atoms with Crippen LogP contribution in [0.25, 0.3) is 0 Å². The second kappa shape index (κ2) is 10.5. The average molecular weight is 551 g/mol. The second-order valence-electron chi connectivity index (χ2n) is 16.7. The molecule has 1 N–H and O–H groups in total. The summed E-state index contributed by atoms with van der Waals surface area (Å²) in [4.78, 5) is 0. The summed E-state index contributed by atoms with van der Waals surface area (Å²) < 4.78 is 13.9. The lowest BCUT2D eigenvalue weighted by atomic mass is 9.49. The van der Waals surface area contributed by atoms with Gasteiger partial charge in [-0.3, -0.25) is 0 Å². The van der Waals surface area contributed by atoms with Gasteiger partial charge in [0.1, 0.15) is 0 Å². The molecule has 3 aliphatic rings. The maximum Gasteiger partial charge on any atom is 0.191 e. The third kappa shape index (κ3) is 6.06. The third-order valence-electron chi connectivity index (χ3n) is 12.6. The molecule has 7 atom stereocenters. The number of hydrogen-bond acceptors (Lipinski definition) is 3. The highest BCUT2D eigenvalue weighted by molar-refractivity contribution is 6.74. The van der Waals surface area contributed by atoms with Crippen LogP contribution in [-0.2, 0) is 8.85 Å². The molecule has 0 saturated heterocycles. The predicted molar refractivity (Wildman–Crippen MR) is 164 cm³/mol. The first-order valence-corrected chi connectivity index (χ1v) is 21.1. The lowest BCUT2D eigenvalue weighted by molar-refractivity contribution is -0.102. The van der Waals surface area contributed by atoms with Crippen molar-refractivity contribution in [3.8, 4) is 0 Å². The Labute approximate surface area is 232 Å². The molecule has 0 radical (unpaired) electrons. The van der Waals surface area contributed by atoms with E-state index in [-0.39, 0.29) is 27.0 Å². The molecule has 3 rings (SSSR count). The predicted octanol–water partition coefficient (Wildman–Crippen LogP) is 9.20. The van der Waals surface area contributed by atoms with Gasteiger partial charge < -0.3 is 14.0 Å². The standard InChI is InChI=1S/C32H62O3Si2/c1-23-14-15-27-26(22-35-37(12,13)30(5,6)7)28(17-19-31(23,27)8)32(9)18-16-25(33)20-24(32)21-34-36(10,11)29(2,3)4/h24-28,33H,1,14-22H2,2-13H3/t24-,25?,26+,27+,28+,31-,32+/m1/s1. The molecule has 0 aromatic carbocycles. The van der Waals surface area contributed by atoms with Crippen molar-refractivity contribution in [1.82, 2.24) is 0 Å². The van der Waals surface area contributed by atoms with Crippen LogP contribution in [0.15, 0.2) is 12.2 Å². The van der Waals surface area contributed by atoms with Gasteiger partial charge in [0.2, 0.25) is 0 Å². The molecule has 0 heterocycles. The monoisotopic (exact) mass is 550 g/mol. The zero-order valence-electron chi connectivity index (χ0n) is 26.7. The van der Waals surface area contributed by atoms with Crippen molar-refractivity contribution < 1.29 is 14.0 Å². The Morgan fingerprint density at radius 2 is 1.38 bits per heavy atom. The van der Waals surface area contributed by atoms with E-state index < -0.39 is 16.6 Å². The summed E-state index contributed by atoms with van der Waals surface area (Å²) in [6, 6.07) is 0. The zero-order valence-corrected chi connectivity index (χ0v) is 28.7. The molecular weight excluding hydrogens is 489 g/mol. The van der Waals surface area contributed by atoms with Crippen molar-refractivity contribution in [3.63, 3.8) is 0 Å². The molecule has 3 nitrogen and oxygen atoms in total. The van der Waals surface area contributed by atoms with E-state index in [1.54, 1.807) is 0 Å². The van der Waals surface area contributed by atoms with E-state index in [9.17, 15) is 5.11 Å². The van der Waals surface area contributed by atoms with Crippen molar-refractivity contribution >= 4 is 16.6 Å². The van der Waals surface area contributed by atoms with Crippen LogP contribution >= 0.6 is 0 Å². The normalized spacial score (nSPS) is 38.1. The Morgan fingerprint density at radius 1 is 0.838 bits per heavy atom. The lowest BCUT2D eigenvalue weighted by Gasteiger charge is -2.57. The van der Waals surface area contributed by atoms with Gasteiger partial charge in [-0.05, 0) is 116 Å². The van der Waals surface area contributed by atoms with Crippen LogP contribution in [0, 0.1) is 34.5 Å².